The van der Waals surface area contributed by atoms with Gasteiger partial charge in [0.05, 0.1) is 5.69 Å². The summed E-state index contributed by atoms with van der Waals surface area (Å²) < 4.78 is 26.0. The van der Waals surface area contributed by atoms with Crippen LogP contribution in [0.1, 0.15) is 47.6 Å². The highest BCUT2D eigenvalue weighted by Gasteiger charge is 2.45. The number of nitrogens with zero attached hydrogens (tertiary/aromatic N) is 6. The van der Waals surface area contributed by atoms with E-state index in [2.05, 4.69) is 10.1 Å². The normalized spacial score (nSPS) is 21.7. The molecule has 0 N–H and O–H groups in total. The zero-order valence-electron chi connectivity index (χ0n) is 15.4. The number of amides is 1. The zero-order valence-corrected chi connectivity index (χ0v) is 15.4. The van der Waals surface area contributed by atoms with Gasteiger partial charge in [-0.2, -0.15) is 13.9 Å². The molecule has 1 unspecified atom stereocenters. The van der Waals surface area contributed by atoms with Crippen LogP contribution in [-0.2, 0) is 11.8 Å². The highest BCUT2D eigenvalue weighted by Crippen LogP contribution is 2.44. The van der Waals surface area contributed by atoms with Gasteiger partial charge in [-0.15, -0.1) is 0 Å². The quantitative estimate of drug-likeness (QED) is 0.822. The predicted octanol–water partition coefficient (Wildman–Crippen LogP) is 2.25. The van der Waals surface area contributed by atoms with Crippen molar-refractivity contribution in [1.82, 2.24) is 24.6 Å². The van der Waals surface area contributed by atoms with E-state index in [1.54, 1.807) is 4.90 Å². The fourth-order valence-electron chi connectivity index (χ4n) is 4.17. The molecular weight excluding hydrogens is 354 g/mol. The van der Waals surface area contributed by atoms with Crippen LogP contribution in [0.5, 0.6) is 0 Å². The van der Waals surface area contributed by atoms with Crippen molar-refractivity contribution in [3.63, 3.8) is 0 Å². The van der Waals surface area contributed by atoms with Crippen LogP contribution in [0.2, 0.25) is 0 Å². The lowest BCUT2D eigenvalue weighted by Crippen LogP contribution is -2.48. The summed E-state index contributed by atoms with van der Waals surface area (Å²) in [6.07, 6.45) is 6.64. The molecule has 0 aromatic carbocycles. The van der Waals surface area contributed by atoms with Gasteiger partial charge in [0.1, 0.15) is 0 Å². The summed E-state index contributed by atoms with van der Waals surface area (Å²) in [6.45, 7) is -1.62. The second-order valence-corrected chi connectivity index (χ2v) is 7.51. The summed E-state index contributed by atoms with van der Waals surface area (Å²) in [7, 11) is 3.80. The van der Waals surface area contributed by atoms with E-state index in [4.69, 9.17) is 4.98 Å². The van der Waals surface area contributed by atoms with E-state index in [9.17, 15) is 13.6 Å². The van der Waals surface area contributed by atoms with E-state index in [1.807, 2.05) is 25.2 Å². The van der Waals surface area contributed by atoms with Crippen molar-refractivity contribution in [3.8, 4) is 0 Å². The number of carbonyl (C=O) groups is 1. The Labute approximate surface area is 156 Å². The van der Waals surface area contributed by atoms with Crippen LogP contribution in [0.15, 0.2) is 18.5 Å². The Hall–Kier alpha value is -2.58. The van der Waals surface area contributed by atoms with Crippen molar-refractivity contribution >= 4 is 11.9 Å². The molecule has 7 nitrogen and oxygen atoms in total. The lowest BCUT2D eigenvalue weighted by molar-refractivity contribution is 0.0534. The van der Waals surface area contributed by atoms with Crippen LogP contribution < -0.4 is 4.90 Å². The summed E-state index contributed by atoms with van der Waals surface area (Å²) in [5.74, 6) is 0.359. The number of hydrogen-bond donors (Lipinski definition) is 0. The van der Waals surface area contributed by atoms with Crippen LogP contribution in [0.3, 0.4) is 0 Å². The van der Waals surface area contributed by atoms with Gasteiger partial charge in [0, 0.05) is 45.0 Å². The van der Waals surface area contributed by atoms with Crippen molar-refractivity contribution in [1.29, 1.82) is 0 Å². The van der Waals surface area contributed by atoms with E-state index in [-0.39, 0.29) is 17.0 Å². The topological polar surface area (TPSA) is 67.2 Å². The second kappa shape index (κ2) is 6.54. The average Bonchev–Trinajstić information content (AvgIpc) is 3.27. The van der Waals surface area contributed by atoms with Gasteiger partial charge in [0.2, 0.25) is 5.95 Å². The molecule has 2 aromatic heterocycles. The summed E-state index contributed by atoms with van der Waals surface area (Å²) in [5, 5.41) is 3.72. The van der Waals surface area contributed by atoms with Crippen LogP contribution >= 0.6 is 0 Å². The minimum absolute atomic E-state index is 0.0576. The molecule has 1 aliphatic heterocycles. The number of halogens is 2. The minimum Gasteiger partial charge on any atom is -0.347 e. The van der Waals surface area contributed by atoms with E-state index in [1.165, 1.54) is 6.07 Å². The van der Waals surface area contributed by atoms with Gasteiger partial charge in [-0.1, -0.05) is 0 Å². The smallest absolute Gasteiger partial charge is 0.333 e. The number of piperidine rings is 1. The fraction of sp³-hybridized carbons (Fsp3) is 0.556. The van der Waals surface area contributed by atoms with Gasteiger partial charge in [-0.05, 0) is 37.3 Å². The van der Waals surface area contributed by atoms with E-state index < -0.39 is 6.55 Å². The zero-order chi connectivity index (χ0) is 19.2. The molecule has 0 bridgehead atoms. The Kier molecular flexibility index (Phi) is 4.32. The SMILES string of the molecule is CN(C)c1ncc2c(n1)C1(CCCN(C(=O)c3ccn(C(F)F)n3)C1)CC2. The summed E-state index contributed by atoms with van der Waals surface area (Å²) in [4.78, 5) is 25.6. The van der Waals surface area contributed by atoms with Gasteiger partial charge in [-0.25, -0.2) is 14.6 Å². The molecule has 1 amide bonds. The monoisotopic (exact) mass is 376 g/mol. The number of alkyl halides is 2. The molecular formula is C18H22F2N6O. The minimum atomic E-state index is -2.75. The first-order valence-electron chi connectivity index (χ1n) is 9.06. The standard InChI is InChI=1S/C18H22F2N6O/c1-24(2)17-21-10-12-4-7-18(14(12)22-17)6-3-8-25(11-18)15(27)13-5-9-26(23-13)16(19)20/h5,9-10,16H,3-4,6-8,11H2,1-2H3. The van der Waals surface area contributed by atoms with E-state index in [0.717, 1.165) is 43.1 Å². The van der Waals surface area contributed by atoms with E-state index >= 15 is 0 Å². The molecule has 0 radical (unpaired) electrons. The Morgan fingerprint density at radius 1 is 1.33 bits per heavy atom. The fourth-order valence-corrected chi connectivity index (χ4v) is 4.17. The van der Waals surface area contributed by atoms with Gasteiger partial charge in [0.15, 0.2) is 5.69 Å². The third kappa shape index (κ3) is 3.04. The molecule has 1 fully saturated rings. The van der Waals surface area contributed by atoms with Crippen LogP contribution in [0, 0.1) is 0 Å². The maximum absolute atomic E-state index is 12.8. The molecule has 144 valence electrons. The molecule has 2 aliphatic rings. The Bertz CT molecular complexity index is 863. The third-order valence-electron chi connectivity index (χ3n) is 5.52. The Balaban J connectivity index is 1.60. The number of rotatable bonds is 3. The van der Waals surface area contributed by atoms with Gasteiger partial charge >= 0.3 is 6.55 Å². The molecule has 2 aromatic rings. The molecule has 9 heteroatoms. The van der Waals surface area contributed by atoms with Crippen LogP contribution in [0.4, 0.5) is 14.7 Å². The predicted molar refractivity (Wildman–Crippen MR) is 95.0 cm³/mol. The van der Waals surface area contributed by atoms with Crippen LogP contribution in [0.25, 0.3) is 0 Å². The molecule has 1 atom stereocenters. The highest BCUT2D eigenvalue weighted by atomic mass is 19.3. The molecule has 1 aliphatic carbocycles. The van der Waals surface area contributed by atoms with Crippen molar-refractivity contribution in [2.45, 2.75) is 37.6 Å². The maximum atomic E-state index is 12.8. The van der Waals surface area contributed by atoms with Crippen molar-refractivity contribution in [3.05, 3.63) is 35.4 Å². The summed E-state index contributed by atoms with van der Waals surface area (Å²) >= 11 is 0. The second-order valence-electron chi connectivity index (χ2n) is 7.51. The van der Waals surface area contributed by atoms with Gasteiger partial charge < -0.3 is 9.80 Å². The number of carbonyl (C=O) groups excluding carboxylic acids is 1. The first-order valence-corrected chi connectivity index (χ1v) is 9.06. The van der Waals surface area contributed by atoms with Gasteiger partial charge in [-0.3, -0.25) is 4.79 Å². The maximum Gasteiger partial charge on any atom is 0.333 e. The van der Waals surface area contributed by atoms with Crippen molar-refractivity contribution in [2.24, 2.45) is 0 Å². The number of aryl methyl sites for hydroxylation is 1. The van der Waals surface area contributed by atoms with Crippen LogP contribution in [-0.4, -0.2) is 57.7 Å². The molecule has 3 heterocycles. The summed E-state index contributed by atoms with van der Waals surface area (Å²) in [5.41, 5.74) is 2.03. The molecule has 27 heavy (non-hydrogen) atoms. The Morgan fingerprint density at radius 2 is 2.15 bits per heavy atom. The molecule has 4 rings (SSSR count). The highest BCUT2D eigenvalue weighted by molar-refractivity contribution is 5.92. The lowest BCUT2D eigenvalue weighted by atomic mass is 9.77. The molecule has 1 saturated heterocycles. The number of hydrogen-bond acceptors (Lipinski definition) is 5. The largest absolute Gasteiger partial charge is 0.347 e. The lowest BCUT2D eigenvalue weighted by Gasteiger charge is -2.40. The molecule has 0 saturated carbocycles. The van der Waals surface area contributed by atoms with E-state index in [0.29, 0.717) is 23.7 Å². The first kappa shape index (κ1) is 17.8. The average molecular weight is 376 g/mol. The Morgan fingerprint density at radius 3 is 2.85 bits per heavy atom. The first-order chi connectivity index (χ1) is 12.9. The number of anilines is 1. The number of likely N-dealkylation sites (tertiary alicyclic amines) is 1. The number of fused-ring (bicyclic) bond motifs is 2. The van der Waals surface area contributed by atoms with Crippen molar-refractivity contribution in [2.75, 3.05) is 32.1 Å². The molecule has 1 spiro atoms. The van der Waals surface area contributed by atoms with Crippen molar-refractivity contribution < 1.29 is 13.6 Å². The summed E-state index contributed by atoms with van der Waals surface area (Å²) in [6, 6.07) is 1.35. The van der Waals surface area contributed by atoms with Gasteiger partial charge in [0.25, 0.3) is 5.91 Å². The number of aromatic nitrogens is 4. The third-order valence-corrected chi connectivity index (χ3v) is 5.52.